The average molecular weight is 1350 g/mol. The highest BCUT2D eigenvalue weighted by molar-refractivity contribution is 7.47. The second kappa shape index (κ2) is 65.0. The van der Waals surface area contributed by atoms with Gasteiger partial charge < -0.3 is 33.8 Å². The van der Waals surface area contributed by atoms with E-state index in [4.69, 9.17) is 37.0 Å². The van der Waals surface area contributed by atoms with Gasteiger partial charge >= 0.3 is 39.5 Å². The van der Waals surface area contributed by atoms with Crippen molar-refractivity contribution in [2.75, 3.05) is 39.6 Å². The van der Waals surface area contributed by atoms with Gasteiger partial charge in [-0.25, -0.2) is 9.13 Å². The Kier molecular flexibility index (Phi) is 63.7. The van der Waals surface area contributed by atoms with Gasteiger partial charge in [-0.05, 0) is 37.5 Å². The number of unbranched alkanes of at least 4 members (excludes halogenated alkanes) is 41. The van der Waals surface area contributed by atoms with Crippen molar-refractivity contribution in [3.05, 3.63) is 0 Å². The van der Waals surface area contributed by atoms with Crippen LogP contribution in [0.15, 0.2) is 0 Å². The highest BCUT2D eigenvalue weighted by Gasteiger charge is 2.30. The Hall–Kier alpha value is -1.94. The number of esters is 4. The standard InChI is InChI=1S/C73H142O17P2/c1-7-10-12-14-15-16-17-18-19-25-28-31-34-37-44-50-56-71(76)84-62-69(89-72(77)57-51-45-38-35-32-29-26-23-21-20-22-24-27-30-33-36-42-47-53-65(4)5)64-88-92(81,82)86-60-67(74)59-85-91(79,80)87-63-68(61-83-70(75)55-49-41-13-11-8-2)90-73(78)58-52-46-40-39-43-48-54-66(6)9-3/h65-69,74H,7-64H2,1-6H3,(H,79,80)(H,81,82)/t66?,67-,68+,69+/m0/s1. The van der Waals surface area contributed by atoms with Gasteiger partial charge in [0.25, 0.3) is 0 Å². The molecule has 19 heteroatoms. The molecule has 3 unspecified atom stereocenters. The van der Waals surface area contributed by atoms with Crippen LogP contribution in [-0.4, -0.2) is 96.7 Å². The molecular formula is C73H142O17P2. The minimum atomic E-state index is -4.95. The molecule has 6 atom stereocenters. The van der Waals surface area contributed by atoms with Crippen molar-refractivity contribution in [2.45, 2.75) is 394 Å². The largest absolute Gasteiger partial charge is 0.472 e. The summed E-state index contributed by atoms with van der Waals surface area (Å²) in [6.45, 7) is 9.46. The maximum Gasteiger partial charge on any atom is 0.472 e. The second-order valence-electron chi connectivity index (χ2n) is 27.1. The molecule has 17 nitrogen and oxygen atoms in total. The molecule has 0 radical (unpaired) electrons. The topological polar surface area (TPSA) is 237 Å². The fourth-order valence-electron chi connectivity index (χ4n) is 11.1. The van der Waals surface area contributed by atoms with E-state index < -0.39 is 97.5 Å². The zero-order chi connectivity index (χ0) is 67.9. The van der Waals surface area contributed by atoms with Crippen LogP contribution in [0.3, 0.4) is 0 Å². The van der Waals surface area contributed by atoms with Gasteiger partial charge in [0.05, 0.1) is 26.4 Å². The minimum Gasteiger partial charge on any atom is -0.462 e. The molecule has 92 heavy (non-hydrogen) atoms. The average Bonchev–Trinajstić information content (AvgIpc) is 1.69. The predicted octanol–water partition coefficient (Wildman–Crippen LogP) is 21.2. The summed E-state index contributed by atoms with van der Waals surface area (Å²) < 4.78 is 68.1. The minimum absolute atomic E-state index is 0.102. The van der Waals surface area contributed by atoms with Crippen LogP contribution in [0.1, 0.15) is 375 Å². The number of rotatable bonds is 72. The fourth-order valence-corrected chi connectivity index (χ4v) is 12.7. The number of ether oxygens (including phenoxy) is 4. The lowest BCUT2D eigenvalue weighted by Gasteiger charge is -2.21. The van der Waals surface area contributed by atoms with E-state index in [2.05, 4.69) is 41.5 Å². The second-order valence-corrected chi connectivity index (χ2v) is 30.0. The molecule has 0 heterocycles. The zero-order valence-electron chi connectivity index (χ0n) is 59.9. The van der Waals surface area contributed by atoms with E-state index in [9.17, 15) is 43.2 Å². The molecule has 0 aromatic carbocycles. The van der Waals surface area contributed by atoms with Crippen LogP contribution in [0.5, 0.6) is 0 Å². The van der Waals surface area contributed by atoms with Crippen molar-refractivity contribution in [3.8, 4) is 0 Å². The Balaban J connectivity index is 5.12. The highest BCUT2D eigenvalue weighted by Crippen LogP contribution is 2.45. The van der Waals surface area contributed by atoms with Crippen molar-refractivity contribution < 1.29 is 80.2 Å². The van der Waals surface area contributed by atoms with Crippen molar-refractivity contribution in [2.24, 2.45) is 11.8 Å². The van der Waals surface area contributed by atoms with E-state index in [0.29, 0.717) is 25.7 Å². The Morgan fingerprint density at radius 2 is 0.554 bits per heavy atom. The van der Waals surface area contributed by atoms with E-state index in [1.807, 2.05) is 0 Å². The third kappa shape index (κ3) is 65.4. The van der Waals surface area contributed by atoms with Crippen LogP contribution in [0.4, 0.5) is 0 Å². The number of aliphatic hydroxyl groups is 1. The van der Waals surface area contributed by atoms with Crippen molar-refractivity contribution in [1.29, 1.82) is 0 Å². The molecule has 0 rings (SSSR count). The lowest BCUT2D eigenvalue weighted by atomic mass is 10.00. The first-order valence-corrected chi connectivity index (χ1v) is 41.0. The molecular weight excluding hydrogens is 1210 g/mol. The molecule has 0 fully saturated rings. The monoisotopic (exact) mass is 1350 g/mol. The number of carbonyl (C=O) groups excluding carboxylic acids is 4. The Morgan fingerprint density at radius 1 is 0.315 bits per heavy atom. The van der Waals surface area contributed by atoms with E-state index in [0.717, 1.165) is 108 Å². The summed E-state index contributed by atoms with van der Waals surface area (Å²) in [5.74, 6) is -0.593. The van der Waals surface area contributed by atoms with Gasteiger partial charge in [-0.3, -0.25) is 37.3 Å². The third-order valence-electron chi connectivity index (χ3n) is 17.3. The molecule has 0 amide bonds. The van der Waals surface area contributed by atoms with Crippen LogP contribution in [-0.2, 0) is 65.4 Å². The molecule has 0 spiro atoms. The molecule has 0 aliphatic heterocycles. The molecule has 0 saturated heterocycles. The summed E-state index contributed by atoms with van der Waals surface area (Å²) in [6, 6.07) is 0. The van der Waals surface area contributed by atoms with Crippen LogP contribution in [0.25, 0.3) is 0 Å². The number of phosphoric ester groups is 2. The van der Waals surface area contributed by atoms with Gasteiger partial charge in [0, 0.05) is 25.7 Å². The smallest absolute Gasteiger partial charge is 0.462 e. The van der Waals surface area contributed by atoms with E-state index >= 15 is 0 Å². The summed E-state index contributed by atoms with van der Waals surface area (Å²) >= 11 is 0. The van der Waals surface area contributed by atoms with Crippen LogP contribution in [0.2, 0.25) is 0 Å². The Labute approximate surface area is 562 Å². The summed E-state index contributed by atoms with van der Waals surface area (Å²) in [5.41, 5.74) is 0. The lowest BCUT2D eigenvalue weighted by Crippen LogP contribution is -2.30. The molecule has 546 valence electrons. The number of carbonyl (C=O) groups is 4. The maximum absolute atomic E-state index is 13.1. The Morgan fingerprint density at radius 3 is 0.826 bits per heavy atom. The molecule has 3 N–H and O–H groups in total. The van der Waals surface area contributed by atoms with Crippen LogP contribution < -0.4 is 0 Å². The van der Waals surface area contributed by atoms with Gasteiger partial charge in [-0.15, -0.1) is 0 Å². The molecule has 0 aromatic heterocycles. The van der Waals surface area contributed by atoms with Crippen molar-refractivity contribution >= 4 is 39.5 Å². The third-order valence-corrected chi connectivity index (χ3v) is 19.2. The van der Waals surface area contributed by atoms with Crippen LogP contribution >= 0.6 is 15.6 Å². The summed E-state index contributed by atoms with van der Waals surface area (Å²) in [4.78, 5) is 72.3. The Bertz CT molecular complexity index is 1790. The molecule has 0 saturated carbocycles. The first-order chi connectivity index (χ1) is 44.4. The molecule has 0 aliphatic rings. The predicted molar refractivity (Wildman–Crippen MR) is 372 cm³/mol. The summed E-state index contributed by atoms with van der Waals surface area (Å²) in [5, 5.41) is 10.6. The summed E-state index contributed by atoms with van der Waals surface area (Å²) in [6.07, 6.45) is 51.9. The van der Waals surface area contributed by atoms with Crippen molar-refractivity contribution in [3.63, 3.8) is 0 Å². The fraction of sp³-hybridized carbons (Fsp3) is 0.945. The number of hydrogen-bond donors (Lipinski definition) is 3. The van der Waals surface area contributed by atoms with E-state index in [-0.39, 0.29) is 25.7 Å². The zero-order valence-corrected chi connectivity index (χ0v) is 61.6. The van der Waals surface area contributed by atoms with Crippen molar-refractivity contribution in [1.82, 2.24) is 0 Å². The van der Waals surface area contributed by atoms with Gasteiger partial charge in [-0.1, -0.05) is 324 Å². The van der Waals surface area contributed by atoms with Gasteiger partial charge in [0.1, 0.15) is 19.3 Å². The normalized spacial score (nSPS) is 14.4. The summed E-state index contributed by atoms with van der Waals surface area (Å²) in [7, 11) is -9.89. The first-order valence-electron chi connectivity index (χ1n) is 38.0. The number of aliphatic hydroxyl groups excluding tert-OH is 1. The van der Waals surface area contributed by atoms with Crippen LogP contribution in [0, 0.1) is 11.8 Å². The SMILES string of the molecule is CCCCCCCCCCCCCCCCCCC(=O)OC[C@H](COP(=O)(O)OC[C@@H](O)COP(=O)(O)OC[C@@H](COC(=O)CCCCCCC)OC(=O)CCCCCCCCC(C)CC)OC(=O)CCCCCCCCCCCCCCCCCCCCC(C)C. The van der Waals surface area contributed by atoms with E-state index in [1.54, 1.807) is 0 Å². The molecule has 0 aliphatic carbocycles. The van der Waals surface area contributed by atoms with Gasteiger partial charge in [-0.2, -0.15) is 0 Å². The van der Waals surface area contributed by atoms with E-state index in [1.165, 1.54) is 186 Å². The number of hydrogen-bond acceptors (Lipinski definition) is 15. The van der Waals surface area contributed by atoms with Gasteiger partial charge in [0.15, 0.2) is 12.2 Å². The lowest BCUT2D eigenvalue weighted by molar-refractivity contribution is -0.161. The first kappa shape index (κ1) is 90.1. The molecule has 0 bridgehead atoms. The number of phosphoric acid groups is 2. The highest BCUT2D eigenvalue weighted by atomic mass is 31.2. The molecule has 0 aromatic rings. The van der Waals surface area contributed by atoms with Gasteiger partial charge in [0.2, 0.25) is 0 Å². The maximum atomic E-state index is 13.1. The quantitative estimate of drug-likeness (QED) is 0.0222.